The van der Waals surface area contributed by atoms with Gasteiger partial charge in [0.25, 0.3) is 0 Å². The molecule has 0 unspecified atom stereocenters. The predicted octanol–water partition coefficient (Wildman–Crippen LogP) is 12.2. The molecule has 0 aliphatic carbocycles. The third-order valence-electron chi connectivity index (χ3n) is 9.58. The zero-order chi connectivity index (χ0) is 33.8. The minimum Gasteiger partial charge on any atom is -0.309 e. The van der Waals surface area contributed by atoms with Gasteiger partial charge in [0.1, 0.15) is 0 Å². The Labute approximate surface area is 288 Å². The highest BCUT2D eigenvalue weighted by molar-refractivity contribution is 6.11. The van der Waals surface area contributed by atoms with E-state index in [-0.39, 0.29) is 0 Å². The molecule has 0 radical (unpaired) electrons. The number of fused-ring (bicyclic) bond motifs is 6. The number of rotatable bonds is 4. The van der Waals surface area contributed by atoms with E-state index in [2.05, 4.69) is 97.7 Å². The summed E-state index contributed by atoms with van der Waals surface area (Å²) in [6.45, 7) is 15.1. The maximum Gasteiger partial charge on any atom is 0.188 e. The van der Waals surface area contributed by atoms with Gasteiger partial charge in [-0.25, -0.2) is 9.69 Å². The first kappa shape index (κ1) is 28.8. The second-order valence-electron chi connectivity index (χ2n) is 12.3. The lowest BCUT2D eigenvalue weighted by atomic mass is 9.94. The maximum atomic E-state index is 10.5. The molecule has 50 heavy (non-hydrogen) atoms. The summed E-state index contributed by atoms with van der Waals surface area (Å²) in [4.78, 5) is 7.34. The second kappa shape index (κ2) is 11.4. The van der Waals surface area contributed by atoms with E-state index in [0.717, 1.165) is 77.2 Å². The molecule has 0 saturated heterocycles. The Bertz CT molecular complexity index is 2970. The van der Waals surface area contributed by atoms with Gasteiger partial charge in [-0.3, -0.25) is 0 Å². The third-order valence-corrected chi connectivity index (χ3v) is 9.58. The van der Waals surface area contributed by atoms with Crippen LogP contribution in [0, 0.1) is 24.5 Å². The fourth-order valence-electron chi connectivity index (χ4n) is 7.37. The molecule has 0 aliphatic heterocycles. The number of para-hydroxylation sites is 3. The molecular weight excluding hydrogens is 611 g/mol. The molecule has 7 aromatic carbocycles. The van der Waals surface area contributed by atoms with Crippen molar-refractivity contribution in [3.8, 4) is 39.7 Å². The van der Waals surface area contributed by atoms with Crippen LogP contribution in [0.25, 0.3) is 86.9 Å². The smallest absolute Gasteiger partial charge is 0.188 e. The van der Waals surface area contributed by atoms with E-state index in [0.29, 0.717) is 16.9 Å². The van der Waals surface area contributed by atoms with E-state index in [1.54, 1.807) is 0 Å². The molecule has 0 N–H and O–H groups in total. The quantitative estimate of drug-likeness (QED) is 0.177. The van der Waals surface area contributed by atoms with Crippen LogP contribution in [-0.2, 0) is 0 Å². The van der Waals surface area contributed by atoms with Crippen LogP contribution in [0.15, 0.2) is 152 Å². The van der Waals surface area contributed by atoms with Gasteiger partial charge in [-0.2, -0.15) is 5.26 Å². The Kier molecular flexibility index (Phi) is 6.56. The van der Waals surface area contributed by atoms with E-state index >= 15 is 0 Å². The van der Waals surface area contributed by atoms with Crippen molar-refractivity contribution in [2.75, 3.05) is 0 Å². The molecule has 5 nitrogen and oxygen atoms in total. The SMILES string of the molecule is [C-]#[N+]c1ccc2c(c1)c1ccccc1n2-c1cccc(-c2ccc(-c3ccccc3-n3c4ccccc4c4cc([N+]#[C-])ccc43)c(C#N)c2)c1. The van der Waals surface area contributed by atoms with Crippen molar-refractivity contribution < 1.29 is 0 Å². The average Bonchev–Trinajstić information content (AvgIpc) is 3.69. The second-order valence-corrected chi connectivity index (χ2v) is 12.3. The summed E-state index contributed by atoms with van der Waals surface area (Å²) in [5.41, 5.74) is 11.7. The van der Waals surface area contributed by atoms with Gasteiger partial charge in [-0.1, -0.05) is 91.0 Å². The van der Waals surface area contributed by atoms with Gasteiger partial charge in [0, 0.05) is 27.6 Å². The predicted molar refractivity (Wildman–Crippen MR) is 203 cm³/mol. The zero-order valence-corrected chi connectivity index (χ0v) is 26.7. The molecule has 2 aromatic heterocycles. The van der Waals surface area contributed by atoms with Crippen LogP contribution in [-0.4, -0.2) is 9.13 Å². The lowest BCUT2D eigenvalue weighted by molar-refractivity contribution is 1.18. The van der Waals surface area contributed by atoms with Crippen molar-refractivity contribution in [1.29, 1.82) is 5.26 Å². The van der Waals surface area contributed by atoms with Crippen molar-refractivity contribution in [1.82, 2.24) is 9.13 Å². The number of hydrogen-bond acceptors (Lipinski definition) is 1. The van der Waals surface area contributed by atoms with Gasteiger partial charge in [0.05, 0.1) is 52.5 Å². The van der Waals surface area contributed by atoms with Crippen molar-refractivity contribution in [2.45, 2.75) is 0 Å². The lowest BCUT2D eigenvalue weighted by Crippen LogP contribution is -1.98. The summed E-state index contributed by atoms with van der Waals surface area (Å²) in [6, 6.07) is 53.4. The molecule has 0 amide bonds. The summed E-state index contributed by atoms with van der Waals surface area (Å²) in [5.74, 6) is 0. The third kappa shape index (κ3) is 4.38. The van der Waals surface area contributed by atoms with Crippen LogP contribution < -0.4 is 0 Å². The van der Waals surface area contributed by atoms with Gasteiger partial charge in [0.15, 0.2) is 11.4 Å². The van der Waals surface area contributed by atoms with E-state index in [1.165, 1.54) is 0 Å². The fourth-order valence-corrected chi connectivity index (χ4v) is 7.37. The van der Waals surface area contributed by atoms with Crippen LogP contribution in [0.3, 0.4) is 0 Å². The molecule has 230 valence electrons. The normalized spacial score (nSPS) is 11.1. The van der Waals surface area contributed by atoms with E-state index in [1.807, 2.05) is 78.9 Å². The molecule has 0 bridgehead atoms. The van der Waals surface area contributed by atoms with Gasteiger partial charge in [-0.15, -0.1) is 0 Å². The Morgan fingerprint density at radius 1 is 0.460 bits per heavy atom. The van der Waals surface area contributed by atoms with Crippen LogP contribution in [0.4, 0.5) is 11.4 Å². The van der Waals surface area contributed by atoms with Crippen molar-refractivity contribution in [2.24, 2.45) is 0 Å². The highest BCUT2D eigenvalue weighted by Crippen LogP contribution is 2.40. The summed E-state index contributed by atoms with van der Waals surface area (Å²) >= 11 is 0. The Balaban J connectivity index is 1.18. The first-order chi connectivity index (χ1) is 24.7. The summed E-state index contributed by atoms with van der Waals surface area (Å²) in [7, 11) is 0. The molecule has 0 saturated carbocycles. The molecule has 0 atom stereocenters. The highest BCUT2D eigenvalue weighted by Gasteiger charge is 2.18. The Morgan fingerprint density at radius 3 is 1.72 bits per heavy atom. The van der Waals surface area contributed by atoms with Crippen molar-refractivity contribution in [3.63, 3.8) is 0 Å². The minimum atomic E-state index is 0.583. The Morgan fingerprint density at radius 2 is 1.04 bits per heavy atom. The minimum absolute atomic E-state index is 0.583. The average molecular weight is 636 g/mol. The van der Waals surface area contributed by atoms with E-state index < -0.39 is 0 Å². The van der Waals surface area contributed by atoms with E-state index in [9.17, 15) is 5.26 Å². The molecular formula is C45H25N5. The zero-order valence-electron chi connectivity index (χ0n) is 26.7. The van der Waals surface area contributed by atoms with Gasteiger partial charge in [0.2, 0.25) is 0 Å². The fraction of sp³-hybridized carbons (Fsp3) is 0. The van der Waals surface area contributed by atoms with Crippen LogP contribution in [0.2, 0.25) is 0 Å². The van der Waals surface area contributed by atoms with Gasteiger partial charge in [-0.05, 0) is 82.6 Å². The molecule has 0 aliphatic rings. The molecule has 0 spiro atoms. The molecule has 9 aromatic rings. The van der Waals surface area contributed by atoms with E-state index in [4.69, 9.17) is 13.1 Å². The molecule has 0 fully saturated rings. The number of aromatic nitrogens is 2. The lowest BCUT2D eigenvalue weighted by Gasteiger charge is -2.16. The topological polar surface area (TPSA) is 42.4 Å². The van der Waals surface area contributed by atoms with Crippen molar-refractivity contribution in [3.05, 3.63) is 180 Å². The van der Waals surface area contributed by atoms with Gasteiger partial charge >= 0.3 is 0 Å². The standard InChI is InChI=1S/C45H25N5/c1-47-32-19-22-44-39(26-32)37-13-4-6-15-41(37)49(44)34-11-9-10-29(25-34)30-18-21-35(31(24-30)28-46)36-12-3-7-16-42(36)50-43-17-8-5-14-38(43)40-27-33(48-2)20-23-45(40)50/h3-27H. The first-order valence-electron chi connectivity index (χ1n) is 16.2. The molecule has 5 heteroatoms. The largest absolute Gasteiger partial charge is 0.309 e. The number of nitrogens with zero attached hydrogens (tertiary/aromatic N) is 5. The van der Waals surface area contributed by atoms with Crippen molar-refractivity contribution >= 4 is 55.0 Å². The Hall–Kier alpha value is -7.39. The maximum absolute atomic E-state index is 10.5. The van der Waals surface area contributed by atoms with Crippen LogP contribution in [0.5, 0.6) is 0 Å². The first-order valence-corrected chi connectivity index (χ1v) is 16.2. The number of benzene rings is 7. The number of hydrogen-bond donors (Lipinski definition) is 0. The van der Waals surface area contributed by atoms with Crippen LogP contribution >= 0.6 is 0 Å². The highest BCUT2D eigenvalue weighted by atomic mass is 15.0. The van der Waals surface area contributed by atoms with Crippen LogP contribution in [0.1, 0.15) is 5.56 Å². The summed E-state index contributed by atoms with van der Waals surface area (Å²) in [5, 5.41) is 14.8. The van der Waals surface area contributed by atoms with Gasteiger partial charge < -0.3 is 9.13 Å². The molecule has 2 heterocycles. The summed E-state index contributed by atoms with van der Waals surface area (Å²) in [6.07, 6.45) is 0. The monoisotopic (exact) mass is 635 g/mol. The number of nitriles is 1. The summed E-state index contributed by atoms with van der Waals surface area (Å²) < 4.78 is 4.48. The molecule has 9 rings (SSSR count).